The zero-order valence-electron chi connectivity index (χ0n) is 10.3. The van der Waals surface area contributed by atoms with Crippen LogP contribution < -0.4 is 14.8 Å². The van der Waals surface area contributed by atoms with Crippen LogP contribution in [0.5, 0.6) is 5.75 Å². The van der Waals surface area contributed by atoms with Crippen molar-refractivity contribution in [1.82, 2.24) is 10.0 Å². The SMILES string of the molecule is COc1cc(S(=O)(=O)NC2CCNC2)ccc1Br.Cl. The summed E-state index contributed by atoms with van der Waals surface area (Å²) < 4.78 is 32.8. The number of ether oxygens (including phenoxy) is 1. The Labute approximate surface area is 127 Å². The van der Waals surface area contributed by atoms with Crippen molar-refractivity contribution in [2.75, 3.05) is 20.2 Å². The lowest BCUT2D eigenvalue weighted by Crippen LogP contribution is -2.36. The van der Waals surface area contributed by atoms with E-state index >= 15 is 0 Å². The largest absolute Gasteiger partial charge is 0.496 e. The van der Waals surface area contributed by atoms with Gasteiger partial charge < -0.3 is 10.1 Å². The van der Waals surface area contributed by atoms with Crippen molar-refractivity contribution < 1.29 is 13.2 Å². The van der Waals surface area contributed by atoms with Crippen molar-refractivity contribution in [3.8, 4) is 5.75 Å². The quantitative estimate of drug-likeness (QED) is 0.842. The highest BCUT2D eigenvalue weighted by Gasteiger charge is 2.23. The van der Waals surface area contributed by atoms with Gasteiger partial charge in [-0.3, -0.25) is 0 Å². The van der Waals surface area contributed by atoms with E-state index < -0.39 is 10.0 Å². The highest BCUT2D eigenvalue weighted by Crippen LogP contribution is 2.27. The molecule has 1 fully saturated rings. The minimum absolute atomic E-state index is 0. The van der Waals surface area contributed by atoms with Crippen LogP contribution in [0.4, 0.5) is 0 Å². The zero-order valence-corrected chi connectivity index (χ0v) is 13.6. The first-order valence-corrected chi connectivity index (χ1v) is 7.87. The summed E-state index contributed by atoms with van der Waals surface area (Å²) in [5.74, 6) is 0.502. The first-order chi connectivity index (χ1) is 8.53. The van der Waals surface area contributed by atoms with Crippen molar-refractivity contribution in [2.45, 2.75) is 17.4 Å². The van der Waals surface area contributed by atoms with Gasteiger partial charge in [-0.2, -0.15) is 0 Å². The molecule has 0 amide bonds. The number of methoxy groups -OCH3 is 1. The summed E-state index contributed by atoms with van der Waals surface area (Å²) in [6.45, 7) is 1.52. The van der Waals surface area contributed by atoms with Crippen LogP contribution in [0.1, 0.15) is 6.42 Å². The van der Waals surface area contributed by atoms with Gasteiger partial charge in [-0.05, 0) is 41.0 Å². The third-order valence-corrected chi connectivity index (χ3v) is 4.99. The maximum Gasteiger partial charge on any atom is 0.240 e. The van der Waals surface area contributed by atoms with Gasteiger partial charge in [0, 0.05) is 18.7 Å². The van der Waals surface area contributed by atoms with Crippen molar-refractivity contribution >= 4 is 38.4 Å². The first kappa shape index (κ1) is 16.7. The molecule has 0 aromatic heterocycles. The van der Waals surface area contributed by atoms with Gasteiger partial charge in [-0.1, -0.05) is 0 Å². The van der Waals surface area contributed by atoms with E-state index in [1.165, 1.54) is 13.2 Å². The van der Waals surface area contributed by atoms with E-state index in [4.69, 9.17) is 4.74 Å². The molecule has 2 N–H and O–H groups in total. The van der Waals surface area contributed by atoms with Crippen LogP contribution in [-0.2, 0) is 10.0 Å². The second kappa shape index (κ2) is 6.90. The van der Waals surface area contributed by atoms with Gasteiger partial charge in [-0.25, -0.2) is 13.1 Å². The minimum Gasteiger partial charge on any atom is -0.496 e. The monoisotopic (exact) mass is 370 g/mol. The highest BCUT2D eigenvalue weighted by molar-refractivity contribution is 9.10. The zero-order chi connectivity index (χ0) is 13.2. The molecule has 1 atom stereocenters. The first-order valence-electron chi connectivity index (χ1n) is 5.59. The smallest absolute Gasteiger partial charge is 0.240 e. The van der Waals surface area contributed by atoms with Crippen molar-refractivity contribution in [3.63, 3.8) is 0 Å². The Morgan fingerprint density at radius 2 is 2.21 bits per heavy atom. The Hall–Kier alpha value is -0.340. The maximum atomic E-state index is 12.2. The number of sulfonamides is 1. The molecule has 1 heterocycles. The number of hydrogen-bond donors (Lipinski definition) is 2. The van der Waals surface area contributed by atoms with Crippen LogP contribution in [0.25, 0.3) is 0 Å². The average Bonchev–Trinajstić information content (AvgIpc) is 2.81. The van der Waals surface area contributed by atoms with Gasteiger partial charge in [-0.15, -0.1) is 12.4 Å². The van der Waals surface area contributed by atoms with Crippen molar-refractivity contribution in [2.24, 2.45) is 0 Å². The fourth-order valence-corrected chi connectivity index (χ4v) is 3.54. The van der Waals surface area contributed by atoms with E-state index in [1.54, 1.807) is 12.1 Å². The van der Waals surface area contributed by atoms with Gasteiger partial charge in [0.15, 0.2) is 0 Å². The molecule has 1 aliphatic heterocycles. The third kappa shape index (κ3) is 4.06. The van der Waals surface area contributed by atoms with E-state index in [0.29, 0.717) is 12.3 Å². The van der Waals surface area contributed by atoms with E-state index in [9.17, 15) is 8.42 Å². The van der Waals surface area contributed by atoms with E-state index in [0.717, 1.165) is 17.4 Å². The Morgan fingerprint density at radius 1 is 1.47 bits per heavy atom. The van der Waals surface area contributed by atoms with Crippen molar-refractivity contribution in [1.29, 1.82) is 0 Å². The Balaban J connectivity index is 0.00000180. The molecule has 1 aromatic carbocycles. The summed E-state index contributed by atoms with van der Waals surface area (Å²) in [6, 6.07) is 4.69. The molecule has 19 heavy (non-hydrogen) atoms. The van der Waals surface area contributed by atoms with Crippen LogP contribution in [-0.4, -0.2) is 34.7 Å². The van der Waals surface area contributed by atoms with Gasteiger partial charge in [0.25, 0.3) is 0 Å². The van der Waals surface area contributed by atoms with Gasteiger partial charge in [0.1, 0.15) is 5.75 Å². The van der Waals surface area contributed by atoms with E-state index in [2.05, 4.69) is 26.0 Å². The molecule has 0 bridgehead atoms. The predicted octanol–water partition coefficient (Wildman–Crippen LogP) is 1.52. The molecular weight excluding hydrogens is 356 g/mol. The molecule has 0 spiro atoms. The molecule has 0 radical (unpaired) electrons. The molecular formula is C11H16BrClN2O3S. The van der Waals surface area contributed by atoms with Crippen LogP contribution in [0.15, 0.2) is 27.6 Å². The summed E-state index contributed by atoms with van der Waals surface area (Å²) in [5.41, 5.74) is 0. The van der Waals surface area contributed by atoms with Crippen LogP contribution in [0.2, 0.25) is 0 Å². The van der Waals surface area contributed by atoms with E-state index in [-0.39, 0.29) is 23.3 Å². The highest BCUT2D eigenvalue weighted by atomic mass is 79.9. The summed E-state index contributed by atoms with van der Waals surface area (Å²) in [5, 5.41) is 3.12. The Kier molecular flexibility index (Phi) is 6.07. The normalized spacial score (nSPS) is 18.9. The molecule has 108 valence electrons. The second-order valence-corrected chi connectivity index (χ2v) is 6.68. The van der Waals surface area contributed by atoms with Crippen LogP contribution in [0.3, 0.4) is 0 Å². The topological polar surface area (TPSA) is 67.4 Å². The fraction of sp³-hybridized carbons (Fsp3) is 0.455. The lowest BCUT2D eigenvalue weighted by molar-refractivity contribution is 0.410. The third-order valence-electron chi connectivity index (χ3n) is 2.82. The minimum atomic E-state index is -3.48. The molecule has 1 saturated heterocycles. The second-order valence-electron chi connectivity index (χ2n) is 4.11. The van der Waals surface area contributed by atoms with Gasteiger partial charge >= 0.3 is 0 Å². The summed E-state index contributed by atoms with van der Waals surface area (Å²) in [4.78, 5) is 0.217. The number of hydrogen-bond acceptors (Lipinski definition) is 4. The van der Waals surface area contributed by atoms with Gasteiger partial charge in [0.2, 0.25) is 10.0 Å². The number of halogens is 2. The summed E-state index contributed by atoms with van der Waals surface area (Å²) in [7, 11) is -1.98. The number of nitrogens with one attached hydrogen (secondary N) is 2. The van der Waals surface area contributed by atoms with Crippen LogP contribution >= 0.6 is 28.3 Å². The number of benzene rings is 1. The lowest BCUT2D eigenvalue weighted by Gasteiger charge is -2.13. The standard InChI is InChI=1S/C11H15BrN2O3S.ClH/c1-17-11-6-9(2-3-10(11)12)18(15,16)14-8-4-5-13-7-8;/h2-3,6,8,13-14H,4-5,7H2,1H3;1H. The predicted molar refractivity (Wildman–Crippen MR) is 79.5 cm³/mol. The molecule has 0 saturated carbocycles. The molecule has 8 heteroatoms. The molecule has 0 aliphatic carbocycles. The van der Waals surface area contributed by atoms with Gasteiger partial charge in [0.05, 0.1) is 16.5 Å². The molecule has 1 aliphatic rings. The summed E-state index contributed by atoms with van der Waals surface area (Å²) in [6.07, 6.45) is 0.812. The summed E-state index contributed by atoms with van der Waals surface area (Å²) >= 11 is 3.30. The maximum absolute atomic E-state index is 12.2. The molecule has 5 nitrogen and oxygen atoms in total. The fourth-order valence-electron chi connectivity index (χ4n) is 1.85. The number of rotatable bonds is 4. The van der Waals surface area contributed by atoms with E-state index in [1.807, 2.05) is 0 Å². The molecule has 1 unspecified atom stereocenters. The van der Waals surface area contributed by atoms with Crippen molar-refractivity contribution in [3.05, 3.63) is 22.7 Å². The average molecular weight is 372 g/mol. The Morgan fingerprint density at radius 3 is 2.79 bits per heavy atom. The Bertz CT molecular complexity index is 533. The molecule has 1 aromatic rings. The molecule has 2 rings (SSSR count). The lowest BCUT2D eigenvalue weighted by atomic mass is 10.3. The van der Waals surface area contributed by atoms with Crippen LogP contribution in [0, 0.1) is 0 Å².